The zero-order valence-corrected chi connectivity index (χ0v) is 24.6. The minimum absolute atomic E-state index is 0.0834. The number of hydrogen-bond acceptors (Lipinski definition) is 6. The quantitative estimate of drug-likeness (QED) is 0.278. The Morgan fingerprint density at radius 3 is 2.23 bits per heavy atom. The Kier molecular flexibility index (Phi) is 10.3. The second-order valence-electron chi connectivity index (χ2n) is 11.8. The smallest absolute Gasteiger partial charge is 0.291 e. The van der Waals surface area contributed by atoms with E-state index in [0.29, 0.717) is 11.8 Å². The molecule has 1 fully saturated rings. The average molecular weight is 534 g/mol. The highest BCUT2D eigenvalue weighted by atomic mass is 16.2. The highest BCUT2D eigenvalue weighted by molar-refractivity contribution is 5.92. The van der Waals surface area contributed by atoms with Crippen LogP contribution in [0.25, 0.3) is 11.2 Å². The van der Waals surface area contributed by atoms with Gasteiger partial charge in [0.15, 0.2) is 5.65 Å². The molecule has 4 rings (SSSR count). The Hall–Kier alpha value is -3.00. The molecule has 0 aliphatic carbocycles. The number of benzene rings is 1. The predicted octanol–water partition coefficient (Wildman–Crippen LogP) is 6.29. The van der Waals surface area contributed by atoms with Crippen molar-refractivity contribution < 1.29 is 4.79 Å². The van der Waals surface area contributed by atoms with Crippen molar-refractivity contribution in [1.82, 2.24) is 29.3 Å². The maximum absolute atomic E-state index is 13.7. The standard InChI is InChI=1S/C31H47N7O/c1-23(2)15-21-37(22-16-24(3)4)30(39)28-32-25(5)27-29(35-28)38(20-12-19-36-17-10-7-11-18-36)31(34-27)33-26-13-8-6-9-14-26/h6,8-9,13-14,23-24H,7,10-12,15-22H2,1-5H3,(H,33,34). The summed E-state index contributed by atoms with van der Waals surface area (Å²) in [6, 6.07) is 10.1. The van der Waals surface area contributed by atoms with Crippen molar-refractivity contribution in [3.8, 4) is 0 Å². The molecule has 1 N–H and O–H groups in total. The molecule has 3 heterocycles. The molecule has 0 unspecified atom stereocenters. The van der Waals surface area contributed by atoms with Gasteiger partial charge in [0, 0.05) is 25.3 Å². The van der Waals surface area contributed by atoms with Gasteiger partial charge in [0.25, 0.3) is 5.91 Å². The minimum atomic E-state index is -0.0834. The Morgan fingerprint density at radius 1 is 0.923 bits per heavy atom. The average Bonchev–Trinajstić information content (AvgIpc) is 3.26. The van der Waals surface area contributed by atoms with Crippen LogP contribution in [0, 0.1) is 18.8 Å². The van der Waals surface area contributed by atoms with Gasteiger partial charge in [-0.05, 0) is 82.6 Å². The molecule has 3 aromatic rings. The first-order chi connectivity index (χ1) is 18.8. The molecule has 2 aromatic heterocycles. The van der Waals surface area contributed by atoms with Gasteiger partial charge in [0.05, 0.1) is 5.69 Å². The summed E-state index contributed by atoms with van der Waals surface area (Å²) in [6.07, 6.45) is 6.84. The van der Waals surface area contributed by atoms with Crippen LogP contribution >= 0.6 is 0 Å². The van der Waals surface area contributed by atoms with E-state index in [0.717, 1.165) is 73.9 Å². The largest absolute Gasteiger partial charge is 0.336 e. The van der Waals surface area contributed by atoms with E-state index in [1.165, 1.54) is 32.4 Å². The normalized spacial score (nSPS) is 14.4. The number of anilines is 2. The number of carbonyl (C=O) groups is 1. The van der Waals surface area contributed by atoms with Crippen molar-refractivity contribution in [2.24, 2.45) is 11.8 Å². The van der Waals surface area contributed by atoms with E-state index in [2.05, 4.69) is 47.5 Å². The Morgan fingerprint density at radius 2 is 1.59 bits per heavy atom. The summed E-state index contributed by atoms with van der Waals surface area (Å²) >= 11 is 0. The maximum atomic E-state index is 13.7. The zero-order chi connectivity index (χ0) is 27.8. The molecule has 8 heteroatoms. The van der Waals surface area contributed by atoms with Crippen molar-refractivity contribution >= 4 is 28.7 Å². The Bertz CT molecular complexity index is 1190. The number of amides is 1. The third-order valence-electron chi connectivity index (χ3n) is 7.53. The topological polar surface area (TPSA) is 79.2 Å². The van der Waals surface area contributed by atoms with E-state index in [1.54, 1.807) is 0 Å². The fraction of sp³-hybridized carbons (Fsp3) is 0.613. The van der Waals surface area contributed by atoms with Crippen LogP contribution in [0.4, 0.5) is 11.6 Å². The molecule has 1 aliphatic rings. The number of aryl methyl sites for hydroxylation is 2. The number of fused-ring (bicyclic) bond motifs is 1. The van der Waals surface area contributed by atoms with Crippen LogP contribution in [-0.2, 0) is 6.54 Å². The minimum Gasteiger partial charge on any atom is -0.336 e. The molecule has 0 saturated carbocycles. The van der Waals surface area contributed by atoms with Crippen molar-refractivity contribution in [3.05, 3.63) is 41.9 Å². The summed E-state index contributed by atoms with van der Waals surface area (Å²) < 4.78 is 2.14. The maximum Gasteiger partial charge on any atom is 0.291 e. The van der Waals surface area contributed by atoms with E-state index < -0.39 is 0 Å². The first-order valence-corrected chi connectivity index (χ1v) is 14.9. The number of para-hydroxylation sites is 1. The number of likely N-dealkylation sites (tertiary alicyclic amines) is 1. The van der Waals surface area contributed by atoms with E-state index in [-0.39, 0.29) is 11.7 Å². The lowest BCUT2D eigenvalue weighted by Gasteiger charge is -2.26. The highest BCUT2D eigenvalue weighted by Crippen LogP contribution is 2.25. The van der Waals surface area contributed by atoms with Crippen molar-refractivity contribution in [2.75, 3.05) is 38.0 Å². The van der Waals surface area contributed by atoms with Gasteiger partial charge in [0.1, 0.15) is 5.52 Å². The Labute approximate surface area is 234 Å². The molecule has 0 bridgehead atoms. The van der Waals surface area contributed by atoms with Crippen LogP contribution in [-0.4, -0.2) is 67.9 Å². The fourth-order valence-electron chi connectivity index (χ4n) is 5.11. The van der Waals surface area contributed by atoms with Crippen molar-refractivity contribution in [1.29, 1.82) is 0 Å². The number of carbonyl (C=O) groups excluding carboxylic acids is 1. The lowest BCUT2D eigenvalue weighted by molar-refractivity contribution is 0.0728. The van der Waals surface area contributed by atoms with Crippen molar-refractivity contribution in [2.45, 2.75) is 79.7 Å². The first-order valence-electron chi connectivity index (χ1n) is 14.9. The van der Waals surface area contributed by atoms with Gasteiger partial charge < -0.3 is 15.1 Å². The number of imidazole rings is 1. The Balaban J connectivity index is 1.65. The van der Waals surface area contributed by atoms with Crippen LogP contribution in [0.3, 0.4) is 0 Å². The lowest BCUT2D eigenvalue weighted by Crippen LogP contribution is -2.35. The zero-order valence-electron chi connectivity index (χ0n) is 24.6. The molecule has 39 heavy (non-hydrogen) atoms. The van der Waals surface area contributed by atoms with E-state index in [1.807, 2.05) is 42.2 Å². The predicted molar refractivity (Wildman–Crippen MR) is 160 cm³/mol. The van der Waals surface area contributed by atoms with E-state index >= 15 is 0 Å². The molecule has 0 radical (unpaired) electrons. The number of aromatic nitrogens is 4. The van der Waals surface area contributed by atoms with Gasteiger partial charge >= 0.3 is 0 Å². The SMILES string of the molecule is Cc1nc(C(=O)N(CCC(C)C)CCC(C)C)nc2c1nc(Nc1ccccc1)n2CCCN1CCCCC1. The number of nitrogens with one attached hydrogen (secondary N) is 1. The number of nitrogens with zero attached hydrogens (tertiary/aromatic N) is 6. The van der Waals surface area contributed by atoms with Gasteiger partial charge in [-0.15, -0.1) is 0 Å². The molecular formula is C31H47N7O. The summed E-state index contributed by atoms with van der Waals surface area (Å²) in [7, 11) is 0. The molecule has 1 saturated heterocycles. The third kappa shape index (κ3) is 8.01. The second kappa shape index (κ2) is 13.9. The molecule has 1 aromatic carbocycles. The summed E-state index contributed by atoms with van der Waals surface area (Å²) in [5.41, 5.74) is 3.19. The molecule has 1 aliphatic heterocycles. The summed E-state index contributed by atoms with van der Waals surface area (Å²) in [5.74, 6) is 1.99. The van der Waals surface area contributed by atoms with Crippen LogP contribution in [0.1, 0.15) is 82.5 Å². The summed E-state index contributed by atoms with van der Waals surface area (Å²) in [6.45, 7) is 16.4. The first kappa shape index (κ1) is 29.0. The molecule has 8 nitrogen and oxygen atoms in total. The molecular weight excluding hydrogens is 486 g/mol. The van der Waals surface area contributed by atoms with Crippen LogP contribution < -0.4 is 5.32 Å². The summed E-state index contributed by atoms with van der Waals surface area (Å²) in [4.78, 5) is 32.7. The molecule has 212 valence electrons. The number of piperidine rings is 1. The van der Waals surface area contributed by atoms with Gasteiger partial charge in [-0.2, -0.15) is 0 Å². The number of rotatable bonds is 13. The fourth-order valence-corrected chi connectivity index (χ4v) is 5.11. The molecule has 1 amide bonds. The van der Waals surface area contributed by atoms with Crippen LogP contribution in [0.15, 0.2) is 30.3 Å². The summed E-state index contributed by atoms with van der Waals surface area (Å²) in [5, 5.41) is 3.49. The number of hydrogen-bond donors (Lipinski definition) is 1. The van der Waals surface area contributed by atoms with Crippen LogP contribution in [0.2, 0.25) is 0 Å². The van der Waals surface area contributed by atoms with Gasteiger partial charge in [0.2, 0.25) is 11.8 Å². The van der Waals surface area contributed by atoms with Gasteiger partial charge in [-0.25, -0.2) is 15.0 Å². The second-order valence-corrected chi connectivity index (χ2v) is 11.8. The van der Waals surface area contributed by atoms with Crippen LogP contribution in [0.5, 0.6) is 0 Å². The molecule has 0 spiro atoms. The van der Waals surface area contributed by atoms with Gasteiger partial charge in [-0.3, -0.25) is 9.36 Å². The third-order valence-corrected chi connectivity index (χ3v) is 7.53. The van der Waals surface area contributed by atoms with E-state index in [9.17, 15) is 4.79 Å². The van der Waals surface area contributed by atoms with Gasteiger partial charge in [-0.1, -0.05) is 52.3 Å². The highest BCUT2D eigenvalue weighted by Gasteiger charge is 2.23. The lowest BCUT2D eigenvalue weighted by atomic mass is 10.1. The van der Waals surface area contributed by atoms with Crippen molar-refractivity contribution in [3.63, 3.8) is 0 Å². The van der Waals surface area contributed by atoms with E-state index in [4.69, 9.17) is 9.97 Å². The monoisotopic (exact) mass is 533 g/mol. The molecule has 0 atom stereocenters.